The Morgan fingerprint density at radius 3 is 2.03 bits per heavy atom. The van der Waals surface area contributed by atoms with Crippen LogP contribution in [-0.2, 0) is 5.75 Å². The van der Waals surface area contributed by atoms with E-state index in [4.69, 9.17) is 18.6 Å². The fourth-order valence-corrected chi connectivity index (χ4v) is 7.66. The molecular weight excluding hydrogens is 388 g/mol. The van der Waals surface area contributed by atoms with E-state index in [1.54, 1.807) is 21.3 Å². The summed E-state index contributed by atoms with van der Waals surface area (Å²) in [6, 6.07) is 3.68. The molecule has 0 radical (unpaired) electrons. The first kappa shape index (κ1) is 19.1. The molecule has 0 saturated heterocycles. The number of nitrogens with zero attached hydrogens (tertiary/aromatic N) is 2. The summed E-state index contributed by atoms with van der Waals surface area (Å²) in [6.45, 7) is 0. The summed E-state index contributed by atoms with van der Waals surface area (Å²) in [7, 11) is 4.79. The van der Waals surface area contributed by atoms with Crippen LogP contribution in [-0.4, -0.2) is 36.3 Å². The van der Waals surface area contributed by atoms with Crippen LogP contribution in [0.3, 0.4) is 0 Å². The van der Waals surface area contributed by atoms with E-state index in [2.05, 4.69) is 22.0 Å². The van der Waals surface area contributed by atoms with Gasteiger partial charge >= 0.3 is 0 Å². The van der Waals surface area contributed by atoms with E-state index in [9.17, 15) is 0 Å². The number of ether oxygens (including phenoxy) is 3. The van der Waals surface area contributed by atoms with E-state index in [1.165, 1.54) is 38.5 Å². The molecule has 0 N–H and O–H groups in total. The predicted molar refractivity (Wildman–Crippen MR) is 112 cm³/mol. The molecule has 1 aromatic carbocycles. The van der Waals surface area contributed by atoms with Crippen molar-refractivity contribution >= 4 is 11.8 Å². The van der Waals surface area contributed by atoms with Crippen molar-refractivity contribution in [3.63, 3.8) is 0 Å². The first-order valence-electron chi connectivity index (χ1n) is 10.4. The number of rotatable bonds is 7. The molecule has 0 unspecified atom stereocenters. The maximum atomic E-state index is 6.01. The molecule has 6 rings (SSSR count). The number of thioether (sulfide) groups is 1. The maximum absolute atomic E-state index is 6.01. The molecule has 4 bridgehead atoms. The van der Waals surface area contributed by atoms with Crippen LogP contribution in [0.25, 0.3) is 11.5 Å². The number of hydrogen-bond acceptors (Lipinski definition) is 7. The maximum Gasteiger partial charge on any atom is 0.248 e. The summed E-state index contributed by atoms with van der Waals surface area (Å²) >= 11 is 2.05. The highest BCUT2D eigenvalue weighted by atomic mass is 32.2. The smallest absolute Gasteiger partial charge is 0.248 e. The monoisotopic (exact) mass is 416 g/mol. The lowest BCUT2D eigenvalue weighted by Gasteiger charge is -2.56. The van der Waals surface area contributed by atoms with Gasteiger partial charge in [0.1, 0.15) is 0 Å². The predicted octanol–water partition coefficient (Wildman–Crippen LogP) is 4.96. The zero-order chi connectivity index (χ0) is 20.0. The van der Waals surface area contributed by atoms with Gasteiger partial charge in [0.15, 0.2) is 11.5 Å². The van der Waals surface area contributed by atoms with Gasteiger partial charge in [-0.1, -0.05) is 0 Å². The van der Waals surface area contributed by atoms with E-state index in [0.717, 1.165) is 29.1 Å². The summed E-state index contributed by atoms with van der Waals surface area (Å²) in [6.07, 6.45) is 8.51. The molecule has 29 heavy (non-hydrogen) atoms. The van der Waals surface area contributed by atoms with Crippen LogP contribution in [0.1, 0.15) is 44.4 Å². The third-order valence-corrected chi connectivity index (χ3v) is 8.37. The van der Waals surface area contributed by atoms with Gasteiger partial charge < -0.3 is 18.6 Å². The zero-order valence-corrected chi connectivity index (χ0v) is 18.1. The van der Waals surface area contributed by atoms with Crippen LogP contribution in [0.2, 0.25) is 0 Å². The van der Waals surface area contributed by atoms with Gasteiger partial charge in [-0.05, 0) is 68.4 Å². The van der Waals surface area contributed by atoms with Crippen molar-refractivity contribution in [2.24, 2.45) is 17.8 Å². The Hall–Kier alpha value is -1.89. The summed E-state index contributed by atoms with van der Waals surface area (Å²) < 4.78 is 22.7. The SMILES string of the molecule is COc1cc(-c2nnc(CSC34CC5CC(CC(C5)C3)C4)o2)cc(OC)c1OC. The van der Waals surface area contributed by atoms with Gasteiger partial charge in [0.2, 0.25) is 17.5 Å². The minimum atomic E-state index is 0.440. The molecule has 4 aliphatic carbocycles. The molecule has 0 atom stereocenters. The molecule has 1 heterocycles. The molecule has 4 fully saturated rings. The summed E-state index contributed by atoms with van der Waals surface area (Å²) in [5.41, 5.74) is 0.762. The van der Waals surface area contributed by atoms with Gasteiger partial charge in [-0.15, -0.1) is 22.0 Å². The number of benzene rings is 1. The van der Waals surface area contributed by atoms with Crippen molar-refractivity contribution in [3.05, 3.63) is 18.0 Å². The molecule has 4 saturated carbocycles. The van der Waals surface area contributed by atoms with E-state index in [1.807, 2.05) is 12.1 Å². The fourth-order valence-electron chi connectivity index (χ4n) is 6.06. The molecule has 6 nitrogen and oxygen atoms in total. The lowest BCUT2D eigenvalue weighted by molar-refractivity contribution is 0.0382. The van der Waals surface area contributed by atoms with Crippen molar-refractivity contribution in [1.82, 2.24) is 10.2 Å². The quantitative estimate of drug-likeness (QED) is 0.632. The lowest BCUT2D eigenvalue weighted by atomic mass is 9.56. The number of hydrogen-bond donors (Lipinski definition) is 0. The molecule has 4 aliphatic rings. The highest BCUT2D eigenvalue weighted by Crippen LogP contribution is 2.61. The van der Waals surface area contributed by atoms with Crippen molar-refractivity contribution < 1.29 is 18.6 Å². The highest BCUT2D eigenvalue weighted by molar-refractivity contribution is 7.99. The molecule has 7 heteroatoms. The standard InChI is InChI=1S/C22H28N2O4S/c1-25-17-7-16(8-18(26-2)20(17)27-3)21-24-23-19(28-21)12-29-22-9-13-4-14(10-22)6-15(5-13)11-22/h7-8,13-15H,4-6,9-12H2,1-3H3. The van der Waals surface area contributed by atoms with Gasteiger partial charge in [0.05, 0.1) is 27.1 Å². The van der Waals surface area contributed by atoms with Crippen molar-refractivity contribution in [2.75, 3.05) is 21.3 Å². The summed E-state index contributed by atoms with van der Waals surface area (Å²) in [5.74, 6) is 6.50. The minimum absolute atomic E-state index is 0.440. The van der Waals surface area contributed by atoms with Gasteiger partial charge in [-0.2, -0.15) is 0 Å². The van der Waals surface area contributed by atoms with Gasteiger partial charge in [-0.3, -0.25) is 0 Å². The molecule has 2 aromatic rings. The largest absolute Gasteiger partial charge is 0.493 e. The zero-order valence-electron chi connectivity index (χ0n) is 17.3. The Kier molecular flexibility index (Phi) is 4.88. The van der Waals surface area contributed by atoms with Crippen LogP contribution >= 0.6 is 11.8 Å². The Morgan fingerprint density at radius 1 is 0.931 bits per heavy atom. The Labute approximate surface area is 175 Å². The van der Waals surface area contributed by atoms with Crippen LogP contribution in [0.5, 0.6) is 17.2 Å². The van der Waals surface area contributed by atoms with Gasteiger partial charge in [0.25, 0.3) is 0 Å². The molecular formula is C22H28N2O4S. The van der Waals surface area contributed by atoms with E-state index >= 15 is 0 Å². The summed E-state index contributed by atoms with van der Waals surface area (Å²) in [4.78, 5) is 0. The topological polar surface area (TPSA) is 66.6 Å². The minimum Gasteiger partial charge on any atom is -0.493 e. The third kappa shape index (κ3) is 3.47. The van der Waals surface area contributed by atoms with Crippen LogP contribution < -0.4 is 14.2 Å². The van der Waals surface area contributed by atoms with E-state index in [0.29, 0.717) is 33.8 Å². The van der Waals surface area contributed by atoms with Crippen LogP contribution in [0.15, 0.2) is 16.5 Å². The average Bonchev–Trinajstić information content (AvgIpc) is 3.19. The normalized spacial score (nSPS) is 29.8. The first-order chi connectivity index (χ1) is 14.1. The Bertz CT molecular complexity index is 836. The average molecular weight is 417 g/mol. The van der Waals surface area contributed by atoms with Crippen molar-refractivity contribution in [1.29, 1.82) is 0 Å². The fraction of sp³-hybridized carbons (Fsp3) is 0.636. The van der Waals surface area contributed by atoms with Gasteiger partial charge in [0, 0.05) is 10.3 Å². The Morgan fingerprint density at radius 2 is 1.52 bits per heavy atom. The van der Waals surface area contributed by atoms with E-state index < -0.39 is 0 Å². The Balaban J connectivity index is 1.33. The van der Waals surface area contributed by atoms with Crippen LogP contribution in [0.4, 0.5) is 0 Å². The van der Waals surface area contributed by atoms with Gasteiger partial charge in [-0.25, -0.2) is 0 Å². The first-order valence-corrected chi connectivity index (χ1v) is 11.4. The second-order valence-corrected chi connectivity index (χ2v) is 10.2. The lowest BCUT2D eigenvalue weighted by Crippen LogP contribution is -2.48. The number of aromatic nitrogens is 2. The molecule has 0 spiro atoms. The van der Waals surface area contributed by atoms with Crippen molar-refractivity contribution in [2.45, 2.75) is 49.0 Å². The highest BCUT2D eigenvalue weighted by Gasteiger charge is 2.51. The summed E-state index contributed by atoms with van der Waals surface area (Å²) in [5, 5.41) is 8.59. The molecule has 156 valence electrons. The van der Waals surface area contributed by atoms with Crippen LogP contribution in [0, 0.1) is 17.8 Å². The molecule has 1 aromatic heterocycles. The van der Waals surface area contributed by atoms with E-state index in [-0.39, 0.29) is 0 Å². The molecule has 0 amide bonds. The third-order valence-electron chi connectivity index (χ3n) is 6.86. The number of methoxy groups -OCH3 is 3. The second kappa shape index (κ2) is 7.42. The second-order valence-electron chi connectivity index (χ2n) is 8.80. The molecule has 0 aliphatic heterocycles. The van der Waals surface area contributed by atoms with Crippen molar-refractivity contribution in [3.8, 4) is 28.7 Å².